The van der Waals surface area contributed by atoms with Gasteiger partial charge >= 0.3 is 0 Å². The van der Waals surface area contributed by atoms with E-state index in [2.05, 4.69) is 15.6 Å². The highest BCUT2D eigenvalue weighted by molar-refractivity contribution is 6.05. The number of methoxy groups -OCH3 is 2. The zero-order chi connectivity index (χ0) is 18.4. The first kappa shape index (κ1) is 17.3. The van der Waals surface area contributed by atoms with Gasteiger partial charge in [0.05, 0.1) is 44.0 Å². The summed E-state index contributed by atoms with van der Waals surface area (Å²) in [6.45, 7) is 0.503. The van der Waals surface area contributed by atoms with Crippen LogP contribution in [-0.4, -0.2) is 25.1 Å². The van der Waals surface area contributed by atoms with E-state index in [0.717, 1.165) is 5.76 Å². The Hall–Kier alpha value is -3.48. The normalized spacial score (nSPS) is 10.2. The van der Waals surface area contributed by atoms with E-state index in [9.17, 15) is 4.79 Å². The van der Waals surface area contributed by atoms with Crippen molar-refractivity contribution in [2.45, 2.75) is 6.54 Å². The molecule has 0 bridgehead atoms. The molecule has 0 radical (unpaired) electrons. The van der Waals surface area contributed by atoms with Crippen molar-refractivity contribution in [1.29, 1.82) is 0 Å². The lowest BCUT2D eigenvalue weighted by atomic mass is 10.2. The van der Waals surface area contributed by atoms with E-state index in [1.165, 1.54) is 13.3 Å². The quantitative estimate of drug-likeness (QED) is 0.675. The standard InChI is InChI=1S/C19H19N3O4/c1-24-15-5-6-18(25-2)17(9-15)22-19(23)13-8-14(11-20-10-13)21-12-16-4-3-7-26-16/h3-11,21H,12H2,1-2H3,(H,22,23). The van der Waals surface area contributed by atoms with Crippen molar-refractivity contribution in [3.05, 3.63) is 66.4 Å². The summed E-state index contributed by atoms with van der Waals surface area (Å²) in [7, 11) is 3.10. The minimum Gasteiger partial charge on any atom is -0.497 e. The number of hydrogen-bond donors (Lipinski definition) is 2. The van der Waals surface area contributed by atoms with Gasteiger partial charge in [0.2, 0.25) is 0 Å². The Morgan fingerprint density at radius 3 is 2.77 bits per heavy atom. The van der Waals surface area contributed by atoms with Crippen LogP contribution in [0.4, 0.5) is 11.4 Å². The van der Waals surface area contributed by atoms with E-state index in [-0.39, 0.29) is 5.91 Å². The Bertz CT molecular complexity index is 878. The number of hydrogen-bond acceptors (Lipinski definition) is 6. The van der Waals surface area contributed by atoms with E-state index in [1.807, 2.05) is 12.1 Å². The van der Waals surface area contributed by atoms with Gasteiger partial charge < -0.3 is 24.5 Å². The number of rotatable bonds is 7. The molecule has 0 spiro atoms. The molecule has 2 N–H and O–H groups in total. The summed E-state index contributed by atoms with van der Waals surface area (Å²) in [6.07, 6.45) is 4.76. The Morgan fingerprint density at radius 2 is 2.04 bits per heavy atom. The van der Waals surface area contributed by atoms with Crippen LogP contribution in [0.2, 0.25) is 0 Å². The van der Waals surface area contributed by atoms with Crippen molar-refractivity contribution in [2.75, 3.05) is 24.9 Å². The maximum atomic E-state index is 12.6. The molecule has 2 aromatic heterocycles. The zero-order valence-corrected chi connectivity index (χ0v) is 14.5. The number of carbonyl (C=O) groups excluding carboxylic acids is 1. The molecule has 0 unspecified atom stereocenters. The monoisotopic (exact) mass is 353 g/mol. The van der Waals surface area contributed by atoms with Crippen molar-refractivity contribution in [3.8, 4) is 11.5 Å². The molecular weight excluding hydrogens is 334 g/mol. The van der Waals surface area contributed by atoms with Crippen LogP contribution in [0.25, 0.3) is 0 Å². The number of amides is 1. The van der Waals surface area contributed by atoms with E-state index >= 15 is 0 Å². The van der Waals surface area contributed by atoms with Gasteiger partial charge in [0.25, 0.3) is 5.91 Å². The second-order valence-corrected chi connectivity index (χ2v) is 5.42. The fraction of sp³-hybridized carbons (Fsp3) is 0.158. The number of benzene rings is 1. The summed E-state index contributed by atoms with van der Waals surface area (Å²) in [5, 5.41) is 5.99. The summed E-state index contributed by atoms with van der Waals surface area (Å²) in [5.41, 5.74) is 1.65. The molecule has 0 aliphatic carbocycles. The van der Waals surface area contributed by atoms with Gasteiger partial charge in [-0.1, -0.05) is 0 Å². The highest BCUT2D eigenvalue weighted by Crippen LogP contribution is 2.29. The number of aromatic nitrogens is 1. The van der Waals surface area contributed by atoms with Crippen molar-refractivity contribution < 1.29 is 18.7 Å². The summed E-state index contributed by atoms with van der Waals surface area (Å²) >= 11 is 0. The SMILES string of the molecule is COc1ccc(OC)c(NC(=O)c2cncc(NCc3ccco3)c2)c1. The van der Waals surface area contributed by atoms with Gasteiger partial charge in [-0.2, -0.15) is 0 Å². The summed E-state index contributed by atoms with van der Waals surface area (Å²) in [4.78, 5) is 16.7. The van der Waals surface area contributed by atoms with E-state index in [1.54, 1.807) is 43.8 Å². The van der Waals surface area contributed by atoms with E-state index in [4.69, 9.17) is 13.9 Å². The molecular formula is C19H19N3O4. The lowest BCUT2D eigenvalue weighted by Gasteiger charge is -2.12. The van der Waals surface area contributed by atoms with Crippen LogP contribution in [-0.2, 0) is 6.54 Å². The molecule has 2 heterocycles. The highest BCUT2D eigenvalue weighted by atomic mass is 16.5. The second-order valence-electron chi connectivity index (χ2n) is 5.42. The van der Waals surface area contributed by atoms with Gasteiger partial charge in [-0.25, -0.2) is 0 Å². The molecule has 1 aromatic carbocycles. The van der Waals surface area contributed by atoms with Crippen LogP contribution in [0.1, 0.15) is 16.1 Å². The molecule has 3 rings (SSSR count). The van der Waals surface area contributed by atoms with Crippen molar-refractivity contribution in [2.24, 2.45) is 0 Å². The number of anilines is 2. The largest absolute Gasteiger partial charge is 0.497 e. The number of nitrogens with one attached hydrogen (secondary N) is 2. The van der Waals surface area contributed by atoms with Gasteiger partial charge in [0.15, 0.2) is 0 Å². The molecule has 3 aromatic rings. The molecule has 0 aliphatic rings. The molecule has 134 valence electrons. The van der Waals surface area contributed by atoms with Gasteiger partial charge in [0, 0.05) is 18.5 Å². The van der Waals surface area contributed by atoms with Crippen molar-refractivity contribution in [3.63, 3.8) is 0 Å². The van der Waals surface area contributed by atoms with Gasteiger partial charge in [0.1, 0.15) is 17.3 Å². The molecule has 0 atom stereocenters. The van der Waals surface area contributed by atoms with Crippen LogP contribution < -0.4 is 20.1 Å². The first-order chi connectivity index (χ1) is 12.7. The fourth-order valence-electron chi connectivity index (χ4n) is 2.37. The molecule has 0 fully saturated rings. The van der Waals surface area contributed by atoms with Gasteiger partial charge in [-0.05, 0) is 30.3 Å². The molecule has 0 saturated heterocycles. The first-order valence-electron chi connectivity index (χ1n) is 7.94. The summed E-state index contributed by atoms with van der Waals surface area (Å²) in [5.74, 6) is 1.65. The maximum absolute atomic E-state index is 12.6. The number of pyridine rings is 1. The molecule has 0 saturated carbocycles. The van der Waals surface area contributed by atoms with Crippen molar-refractivity contribution >= 4 is 17.3 Å². The minimum atomic E-state index is -0.300. The predicted molar refractivity (Wildman–Crippen MR) is 97.8 cm³/mol. The zero-order valence-electron chi connectivity index (χ0n) is 14.5. The van der Waals surface area contributed by atoms with Crippen molar-refractivity contribution in [1.82, 2.24) is 4.98 Å². The maximum Gasteiger partial charge on any atom is 0.257 e. The van der Waals surface area contributed by atoms with Crippen LogP contribution in [0, 0.1) is 0 Å². The van der Waals surface area contributed by atoms with E-state index < -0.39 is 0 Å². The molecule has 7 nitrogen and oxygen atoms in total. The predicted octanol–water partition coefficient (Wildman–Crippen LogP) is 3.56. The lowest BCUT2D eigenvalue weighted by molar-refractivity contribution is 0.102. The third kappa shape index (κ3) is 4.13. The highest BCUT2D eigenvalue weighted by Gasteiger charge is 2.12. The average molecular weight is 353 g/mol. The van der Waals surface area contributed by atoms with Gasteiger partial charge in [-0.3, -0.25) is 9.78 Å². The Morgan fingerprint density at radius 1 is 1.15 bits per heavy atom. The van der Waals surface area contributed by atoms with Crippen LogP contribution in [0.5, 0.6) is 11.5 Å². The smallest absolute Gasteiger partial charge is 0.257 e. The summed E-state index contributed by atoms with van der Waals surface area (Å²) in [6, 6.07) is 10.6. The fourth-order valence-corrected chi connectivity index (χ4v) is 2.37. The Labute approximate surface area is 151 Å². The number of ether oxygens (including phenoxy) is 2. The lowest BCUT2D eigenvalue weighted by Crippen LogP contribution is -2.13. The third-order valence-electron chi connectivity index (χ3n) is 3.70. The molecule has 0 aliphatic heterocycles. The Kier molecular flexibility index (Phi) is 5.38. The topological polar surface area (TPSA) is 85.6 Å². The Balaban J connectivity index is 1.73. The van der Waals surface area contributed by atoms with E-state index in [0.29, 0.717) is 35.0 Å². The van der Waals surface area contributed by atoms with Gasteiger partial charge in [-0.15, -0.1) is 0 Å². The molecule has 1 amide bonds. The number of furan rings is 1. The summed E-state index contributed by atoms with van der Waals surface area (Å²) < 4.78 is 15.7. The number of nitrogens with zero attached hydrogens (tertiary/aromatic N) is 1. The van der Waals surface area contributed by atoms with Crippen LogP contribution in [0.15, 0.2) is 59.5 Å². The molecule has 7 heteroatoms. The average Bonchev–Trinajstić information content (AvgIpc) is 3.20. The molecule has 26 heavy (non-hydrogen) atoms. The minimum absolute atomic E-state index is 0.300. The second kappa shape index (κ2) is 8.06. The number of carbonyl (C=O) groups is 1. The third-order valence-corrected chi connectivity index (χ3v) is 3.70. The van der Waals surface area contributed by atoms with Crippen LogP contribution >= 0.6 is 0 Å². The first-order valence-corrected chi connectivity index (χ1v) is 7.94. The van der Waals surface area contributed by atoms with Crippen LogP contribution in [0.3, 0.4) is 0 Å².